The van der Waals surface area contributed by atoms with E-state index in [1.807, 2.05) is 38.1 Å². The van der Waals surface area contributed by atoms with Gasteiger partial charge in [0.15, 0.2) is 0 Å². The van der Waals surface area contributed by atoms with Crippen LogP contribution in [0.3, 0.4) is 0 Å². The number of benzene rings is 2. The van der Waals surface area contributed by atoms with Crippen molar-refractivity contribution in [2.75, 3.05) is 10.6 Å². The summed E-state index contributed by atoms with van der Waals surface area (Å²) in [4.78, 5) is 12.0. The van der Waals surface area contributed by atoms with Gasteiger partial charge in [-0.15, -0.1) is 0 Å². The van der Waals surface area contributed by atoms with Crippen molar-refractivity contribution in [2.24, 2.45) is 11.8 Å². The molecule has 1 heterocycles. The van der Waals surface area contributed by atoms with E-state index in [1.165, 1.54) is 5.56 Å². The Morgan fingerprint density at radius 2 is 2.04 bits per heavy atom. The monoisotopic (exact) mass is 426 g/mol. The molecule has 3 atom stereocenters. The quantitative estimate of drug-likeness (QED) is 0.561. The third-order valence-electron chi connectivity index (χ3n) is 5.48. The predicted molar refractivity (Wildman–Crippen MR) is 112 cm³/mol. The maximum Gasteiger partial charge on any atom is 0.226 e. The van der Waals surface area contributed by atoms with Crippen LogP contribution in [0.25, 0.3) is 0 Å². The number of aromatic hydroxyl groups is 1. The Bertz CT molecular complexity index is 923. The number of carbonyl (C=O) groups excluding carboxylic acids is 1. The van der Waals surface area contributed by atoms with Crippen molar-refractivity contribution in [1.82, 2.24) is 0 Å². The fourth-order valence-corrected chi connectivity index (χ4v) is 4.42. The number of carbonyl (C=O) groups is 1. The minimum Gasteiger partial charge on any atom is -0.508 e. The van der Waals surface area contributed by atoms with E-state index in [2.05, 4.69) is 44.8 Å². The SMILES string of the molecule is CC(C)C(=O)Nc1ccc2c(c1)C1C=CCC1C(c1cc(Br)ccc1O)N2. The molecule has 2 aliphatic rings. The third kappa shape index (κ3) is 3.36. The number of phenols is 1. The van der Waals surface area contributed by atoms with Crippen LogP contribution in [0.1, 0.15) is 43.4 Å². The zero-order valence-electron chi connectivity index (χ0n) is 15.4. The van der Waals surface area contributed by atoms with Crippen LogP contribution in [-0.4, -0.2) is 11.0 Å². The Hall–Kier alpha value is -2.27. The Kier molecular flexibility index (Phi) is 4.72. The summed E-state index contributed by atoms with van der Waals surface area (Å²) in [6, 6.07) is 11.6. The molecule has 2 aromatic carbocycles. The predicted octanol–water partition coefficient (Wildman–Crippen LogP) is 5.58. The molecule has 3 unspecified atom stereocenters. The molecule has 0 spiro atoms. The number of hydrogen-bond donors (Lipinski definition) is 3. The van der Waals surface area contributed by atoms with Crippen molar-refractivity contribution in [3.8, 4) is 5.75 Å². The number of nitrogens with one attached hydrogen (secondary N) is 2. The number of fused-ring (bicyclic) bond motifs is 3. The van der Waals surface area contributed by atoms with Crippen molar-refractivity contribution in [2.45, 2.75) is 32.2 Å². The van der Waals surface area contributed by atoms with Crippen LogP contribution in [0.2, 0.25) is 0 Å². The number of phenolic OH excluding ortho intramolecular Hbond substituents is 1. The highest BCUT2D eigenvalue weighted by Gasteiger charge is 2.39. The van der Waals surface area contributed by atoms with E-state index in [9.17, 15) is 9.90 Å². The second-order valence-corrected chi connectivity index (χ2v) is 8.54. The molecule has 0 aromatic heterocycles. The van der Waals surface area contributed by atoms with Gasteiger partial charge in [0.1, 0.15) is 5.75 Å². The van der Waals surface area contributed by atoms with Crippen molar-refractivity contribution in [3.63, 3.8) is 0 Å². The van der Waals surface area contributed by atoms with Gasteiger partial charge in [-0.1, -0.05) is 41.9 Å². The lowest BCUT2D eigenvalue weighted by atomic mass is 9.76. The number of hydrogen-bond acceptors (Lipinski definition) is 3. The maximum absolute atomic E-state index is 12.0. The van der Waals surface area contributed by atoms with Crippen molar-refractivity contribution < 1.29 is 9.90 Å². The van der Waals surface area contributed by atoms with E-state index in [0.29, 0.717) is 11.7 Å². The molecule has 2 aromatic rings. The van der Waals surface area contributed by atoms with Crippen LogP contribution in [0.15, 0.2) is 53.0 Å². The topological polar surface area (TPSA) is 61.4 Å². The second kappa shape index (κ2) is 7.04. The highest BCUT2D eigenvalue weighted by molar-refractivity contribution is 9.10. The van der Waals surface area contributed by atoms with Gasteiger partial charge < -0.3 is 15.7 Å². The van der Waals surface area contributed by atoms with Crippen LogP contribution in [0.5, 0.6) is 5.75 Å². The first-order valence-corrected chi connectivity index (χ1v) is 10.1. The molecule has 4 rings (SSSR count). The van der Waals surface area contributed by atoms with E-state index in [1.54, 1.807) is 6.07 Å². The molecule has 1 amide bonds. The molecule has 1 aliphatic carbocycles. The number of anilines is 2. The molecule has 27 heavy (non-hydrogen) atoms. The van der Waals surface area contributed by atoms with Gasteiger partial charge in [0.05, 0.1) is 6.04 Å². The Balaban J connectivity index is 1.70. The number of rotatable bonds is 3. The molecule has 0 fully saturated rings. The van der Waals surface area contributed by atoms with E-state index < -0.39 is 0 Å². The highest BCUT2D eigenvalue weighted by atomic mass is 79.9. The molecule has 3 N–H and O–H groups in total. The van der Waals surface area contributed by atoms with Gasteiger partial charge in [-0.25, -0.2) is 0 Å². The summed E-state index contributed by atoms with van der Waals surface area (Å²) < 4.78 is 0.956. The molecule has 5 heteroatoms. The van der Waals surface area contributed by atoms with Gasteiger partial charge in [0, 0.05) is 33.2 Å². The average Bonchev–Trinajstić information content (AvgIpc) is 3.13. The normalized spacial score (nSPS) is 22.9. The average molecular weight is 427 g/mol. The number of allylic oxidation sites excluding steroid dienone is 2. The fourth-order valence-electron chi connectivity index (χ4n) is 4.04. The fraction of sp³-hybridized carbons (Fsp3) is 0.318. The van der Waals surface area contributed by atoms with Crippen molar-refractivity contribution >= 4 is 33.2 Å². The minimum absolute atomic E-state index is 0.0224. The lowest BCUT2D eigenvalue weighted by molar-refractivity contribution is -0.118. The molecular formula is C22H23BrN2O2. The highest BCUT2D eigenvalue weighted by Crippen LogP contribution is 2.51. The molecule has 1 aliphatic heterocycles. The van der Waals surface area contributed by atoms with E-state index in [4.69, 9.17) is 0 Å². The van der Waals surface area contributed by atoms with Crippen LogP contribution in [0.4, 0.5) is 11.4 Å². The summed E-state index contributed by atoms with van der Waals surface area (Å²) in [6.45, 7) is 3.78. The van der Waals surface area contributed by atoms with Crippen LogP contribution >= 0.6 is 15.9 Å². The minimum atomic E-state index is -0.0536. The van der Waals surface area contributed by atoms with E-state index in [-0.39, 0.29) is 23.8 Å². The third-order valence-corrected chi connectivity index (χ3v) is 5.97. The van der Waals surface area contributed by atoms with Gasteiger partial charge in [0.2, 0.25) is 5.91 Å². The first-order valence-electron chi connectivity index (χ1n) is 9.30. The molecule has 0 bridgehead atoms. The lowest BCUT2D eigenvalue weighted by Crippen LogP contribution is -2.29. The molecule has 0 saturated carbocycles. The Labute approximate surface area is 167 Å². The van der Waals surface area contributed by atoms with Gasteiger partial charge in [-0.2, -0.15) is 0 Å². The largest absolute Gasteiger partial charge is 0.508 e. The zero-order valence-corrected chi connectivity index (χ0v) is 17.0. The van der Waals surface area contributed by atoms with E-state index >= 15 is 0 Å². The summed E-state index contributed by atoms with van der Waals surface area (Å²) in [5.41, 5.74) is 3.98. The molecule has 0 saturated heterocycles. The molecule has 4 nitrogen and oxygen atoms in total. The first kappa shape index (κ1) is 18.1. The van der Waals surface area contributed by atoms with Crippen LogP contribution in [-0.2, 0) is 4.79 Å². The zero-order chi connectivity index (χ0) is 19.1. The van der Waals surface area contributed by atoms with Crippen LogP contribution < -0.4 is 10.6 Å². The summed E-state index contributed by atoms with van der Waals surface area (Å²) in [5, 5.41) is 17.0. The Morgan fingerprint density at radius 3 is 2.81 bits per heavy atom. The lowest BCUT2D eigenvalue weighted by Gasteiger charge is -2.38. The Morgan fingerprint density at radius 1 is 1.22 bits per heavy atom. The standard InChI is InChI=1S/C22H23BrN2O2/c1-12(2)22(27)24-14-7-8-19-17(11-14)15-4-3-5-16(15)21(25-19)18-10-13(23)6-9-20(18)26/h3-4,6-12,15-16,21,25-26H,5H2,1-2H3,(H,24,27). The van der Waals surface area contributed by atoms with E-state index in [0.717, 1.165) is 27.8 Å². The van der Waals surface area contributed by atoms with Crippen LogP contribution in [0, 0.1) is 11.8 Å². The first-order chi connectivity index (χ1) is 12.9. The number of halogens is 1. The molecule has 140 valence electrons. The van der Waals surface area contributed by atoms with Gasteiger partial charge in [0.25, 0.3) is 0 Å². The van der Waals surface area contributed by atoms with Crippen molar-refractivity contribution in [3.05, 3.63) is 64.1 Å². The maximum atomic E-state index is 12.0. The molecular weight excluding hydrogens is 404 g/mol. The summed E-state index contributed by atoms with van der Waals surface area (Å²) >= 11 is 3.52. The summed E-state index contributed by atoms with van der Waals surface area (Å²) in [6.07, 6.45) is 5.42. The summed E-state index contributed by atoms with van der Waals surface area (Å²) in [7, 11) is 0. The van der Waals surface area contributed by atoms with Gasteiger partial charge in [-0.05, 0) is 54.3 Å². The second-order valence-electron chi connectivity index (χ2n) is 7.62. The molecule has 0 radical (unpaired) electrons. The van der Waals surface area contributed by atoms with Crippen molar-refractivity contribution in [1.29, 1.82) is 0 Å². The van der Waals surface area contributed by atoms with Gasteiger partial charge >= 0.3 is 0 Å². The smallest absolute Gasteiger partial charge is 0.226 e. The summed E-state index contributed by atoms with van der Waals surface area (Å²) in [5.74, 6) is 0.872. The number of amides is 1. The van der Waals surface area contributed by atoms with Gasteiger partial charge in [-0.3, -0.25) is 4.79 Å².